The highest BCUT2D eigenvalue weighted by atomic mass is 16.2. The van der Waals surface area contributed by atoms with Gasteiger partial charge in [0.2, 0.25) is 5.91 Å². The highest BCUT2D eigenvalue weighted by Gasteiger charge is 2.31. The first kappa shape index (κ1) is 14.5. The molecule has 3 atom stereocenters. The fourth-order valence-electron chi connectivity index (χ4n) is 2.30. The Morgan fingerprint density at radius 1 is 1.41 bits per heavy atom. The first-order valence-electron chi connectivity index (χ1n) is 6.78. The van der Waals surface area contributed by atoms with Crippen LogP contribution in [0.5, 0.6) is 0 Å². The Morgan fingerprint density at radius 2 is 2.00 bits per heavy atom. The number of likely N-dealkylation sites (tertiary alicyclic amines) is 1. The second kappa shape index (κ2) is 5.38. The van der Waals surface area contributed by atoms with Crippen LogP contribution >= 0.6 is 0 Å². The third kappa shape index (κ3) is 3.70. The minimum atomic E-state index is -0.0561. The number of rotatable bonds is 2. The lowest BCUT2D eigenvalue weighted by molar-refractivity contribution is -0.136. The largest absolute Gasteiger partial charge is 0.340 e. The number of nitrogens with two attached hydrogens (primary N) is 1. The predicted molar refractivity (Wildman–Crippen MR) is 71.6 cm³/mol. The van der Waals surface area contributed by atoms with Crippen LogP contribution in [0.2, 0.25) is 0 Å². The monoisotopic (exact) mass is 240 g/mol. The molecule has 3 unspecified atom stereocenters. The minimum Gasteiger partial charge on any atom is -0.340 e. The van der Waals surface area contributed by atoms with E-state index in [1.807, 2.05) is 4.90 Å². The second-order valence-corrected chi connectivity index (χ2v) is 6.62. The number of hydrogen-bond acceptors (Lipinski definition) is 2. The molecule has 0 spiro atoms. The number of amides is 1. The molecule has 100 valence electrons. The topological polar surface area (TPSA) is 46.3 Å². The predicted octanol–water partition coefficient (Wildman–Crippen LogP) is 2.40. The standard InChI is InChI=1S/C14H28N2O/c1-10-7-6-8-16(11(10)2)13(17)9-12(15)14(3,4)5/h10-12H,6-9,15H2,1-5H3. The lowest BCUT2D eigenvalue weighted by Crippen LogP contribution is -2.49. The van der Waals surface area contributed by atoms with E-state index in [1.54, 1.807) is 0 Å². The zero-order valence-electron chi connectivity index (χ0n) is 12.0. The SMILES string of the molecule is CC1CCCN(C(=O)CC(N)C(C)(C)C)C1C. The molecule has 3 heteroatoms. The number of hydrogen-bond donors (Lipinski definition) is 1. The lowest BCUT2D eigenvalue weighted by Gasteiger charge is -2.39. The molecule has 1 heterocycles. The van der Waals surface area contributed by atoms with Crippen molar-refractivity contribution in [3.8, 4) is 0 Å². The van der Waals surface area contributed by atoms with Crippen molar-refractivity contribution in [3.63, 3.8) is 0 Å². The minimum absolute atomic E-state index is 0.000299. The molecule has 17 heavy (non-hydrogen) atoms. The molecule has 1 fully saturated rings. The van der Waals surface area contributed by atoms with Crippen molar-refractivity contribution >= 4 is 5.91 Å². The Morgan fingerprint density at radius 3 is 2.53 bits per heavy atom. The third-order valence-electron chi connectivity index (χ3n) is 4.20. The van der Waals surface area contributed by atoms with Gasteiger partial charge < -0.3 is 10.6 Å². The molecule has 2 N–H and O–H groups in total. The second-order valence-electron chi connectivity index (χ2n) is 6.62. The van der Waals surface area contributed by atoms with Crippen molar-refractivity contribution in [2.24, 2.45) is 17.1 Å². The van der Waals surface area contributed by atoms with Gasteiger partial charge in [-0.25, -0.2) is 0 Å². The summed E-state index contributed by atoms with van der Waals surface area (Å²) in [4.78, 5) is 14.3. The van der Waals surface area contributed by atoms with Crippen LogP contribution in [0.15, 0.2) is 0 Å². The zero-order valence-corrected chi connectivity index (χ0v) is 12.0. The van der Waals surface area contributed by atoms with E-state index in [2.05, 4.69) is 34.6 Å². The fourth-order valence-corrected chi connectivity index (χ4v) is 2.30. The summed E-state index contributed by atoms with van der Waals surface area (Å²) in [7, 11) is 0. The van der Waals surface area contributed by atoms with Crippen LogP contribution in [-0.2, 0) is 4.79 Å². The van der Waals surface area contributed by atoms with E-state index in [-0.39, 0.29) is 17.4 Å². The summed E-state index contributed by atoms with van der Waals surface area (Å²) in [5.74, 6) is 0.838. The van der Waals surface area contributed by atoms with Crippen molar-refractivity contribution < 1.29 is 4.79 Å². The van der Waals surface area contributed by atoms with Gasteiger partial charge in [-0.15, -0.1) is 0 Å². The Balaban J connectivity index is 2.58. The summed E-state index contributed by atoms with van der Waals surface area (Å²) in [6.07, 6.45) is 2.83. The van der Waals surface area contributed by atoms with Crippen LogP contribution in [0.25, 0.3) is 0 Å². The van der Waals surface area contributed by atoms with E-state index in [4.69, 9.17) is 5.73 Å². The highest BCUT2D eigenvalue weighted by molar-refractivity contribution is 5.77. The number of piperidine rings is 1. The molecule has 1 aliphatic rings. The van der Waals surface area contributed by atoms with Crippen molar-refractivity contribution in [2.75, 3.05) is 6.54 Å². The summed E-state index contributed by atoms with van der Waals surface area (Å²) in [5, 5.41) is 0. The Labute approximate surface area is 106 Å². The summed E-state index contributed by atoms with van der Waals surface area (Å²) in [6.45, 7) is 11.6. The molecule has 0 aliphatic carbocycles. The molecule has 0 radical (unpaired) electrons. The molecule has 0 bridgehead atoms. The van der Waals surface area contributed by atoms with E-state index in [9.17, 15) is 4.79 Å². The van der Waals surface area contributed by atoms with Crippen molar-refractivity contribution in [1.82, 2.24) is 4.90 Å². The normalized spacial score (nSPS) is 28.0. The molecule has 1 aliphatic heterocycles. The molecule has 1 amide bonds. The summed E-state index contributed by atoms with van der Waals surface area (Å²) >= 11 is 0. The van der Waals surface area contributed by atoms with Gasteiger partial charge in [0.15, 0.2) is 0 Å². The lowest BCUT2D eigenvalue weighted by atomic mass is 9.84. The third-order valence-corrected chi connectivity index (χ3v) is 4.20. The zero-order chi connectivity index (χ0) is 13.2. The fraction of sp³-hybridized carbons (Fsp3) is 0.929. The first-order valence-corrected chi connectivity index (χ1v) is 6.78. The van der Waals surface area contributed by atoms with Crippen LogP contribution in [0, 0.1) is 11.3 Å². The first-order chi connectivity index (χ1) is 7.73. The molecule has 0 aromatic carbocycles. The van der Waals surface area contributed by atoms with Crippen LogP contribution in [-0.4, -0.2) is 29.4 Å². The Hall–Kier alpha value is -0.570. The van der Waals surface area contributed by atoms with Crippen molar-refractivity contribution in [2.45, 2.75) is 66.0 Å². The van der Waals surface area contributed by atoms with Gasteiger partial charge >= 0.3 is 0 Å². The van der Waals surface area contributed by atoms with Gasteiger partial charge in [-0.05, 0) is 31.1 Å². The van der Waals surface area contributed by atoms with Gasteiger partial charge in [0.25, 0.3) is 0 Å². The molecule has 1 rings (SSSR count). The number of carbonyl (C=O) groups is 1. The maximum absolute atomic E-state index is 12.3. The van der Waals surface area contributed by atoms with E-state index in [0.29, 0.717) is 18.4 Å². The van der Waals surface area contributed by atoms with Gasteiger partial charge in [-0.1, -0.05) is 27.7 Å². The molecule has 0 aromatic rings. The quantitative estimate of drug-likeness (QED) is 0.805. The van der Waals surface area contributed by atoms with Gasteiger partial charge in [-0.2, -0.15) is 0 Å². The highest BCUT2D eigenvalue weighted by Crippen LogP contribution is 2.25. The molecule has 0 aromatic heterocycles. The van der Waals surface area contributed by atoms with E-state index < -0.39 is 0 Å². The van der Waals surface area contributed by atoms with E-state index in [0.717, 1.165) is 13.0 Å². The summed E-state index contributed by atoms with van der Waals surface area (Å²) in [6, 6.07) is 0.308. The molecule has 3 nitrogen and oxygen atoms in total. The molecule has 0 saturated carbocycles. The van der Waals surface area contributed by atoms with Crippen LogP contribution in [0.3, 0.4) is 0 Å². The van der Waals surface area contributed by atoms with Gasteiger partial charge in [0.05, 0.1) is 0 Å². The van der Waals surface area contributed by atoms with Crippen molar-refractivity contribution in [1.29, 1.82) is 0 Å². The van der Waals surface area contributed by atoms with Crippen molar-refractivity contribution in [3.05, 3.63) is 0 Å². The maximum atomic E-state index is 12.3. The van der Waals surface area contributed by atoms with Crippen LogP contribution in [0.1, 0.15) is 53.9 Å². The number of nitrogens with zero attached hydrogens (tertiary/aromatic N) is 1. The van der Waals surface area contributed by atoms with Crippen LogP contribution in [0.4, 0.5) is 0 Å². The Kier molecular flexibility index (Phi) is 4.59. The molecular weight excluding hydrogens is 212 g/mol. The average Bonchev–Trinajstić information content (AvgIpc) is 2.20. The van der Waals surface area contributed by atoms with Gasteiger partial charge in [0, 0.05) is 25.0 Å². The smallest absolute Gasteiger partial charge is 0.224 e. The van der Waals surface area contributed by atoms with Gasteiger partial charge in [-0.3, -0.25) is 4.79 Å². The molecular formula is C14H28N2O. The van der Waals surface area contributed by atoms with Crippen LogP contribution < -0.4 is 5.73 Å². The molecule has 1 saturated heterocycles. The maximum Gasteiger partial charge on any atom is 0.224 e. The number of carbonyl (C=O) groups excluding carboxylic acids is 1. The van der Waals surface area contributed by atoms with E-state index >= 15 is 0 Å². The average molecular weight is 240 g/mol. The van der Waals surface area contributed by atoms with Gasteiger partial charge in [0.1, 0.15) is 0 Å². The summed E-state index contributed by atoms with van der Waals surface area (Å²) < 4.78 is 0. The van der Waals surface area contributed by atoms with E-state index in [1.165, 1.54) is 6.42 Å². The Bertz CT molecular complexity index is 270. The summed E-state index contributed by atoms with van der Waals surface area (Å²) in [5.41, 5.74) is 6.09.